The smallest absolute Gasteiger partial charge is 0.135 e. The number of rotatable bonds is 5. The van der Waals surface area contributed by atoms with E-state index in [0.717, 1.165) is 34.7 Å². The van der Waals surface area contributed by atoms with Crippen LogP contribution in [0.1, 0.15) is 70.3 Å². The molecule has 29 heavy (non-hydrogen) atoms. The summed E-state index contributed by atoms with van der Waals surface area (Å²) in [5, 5.41) is 10.8. The summed E-state index contributed by atoms with van der Waals surface area (Å²) in [6.07, 6.45) is 3.15. The molecule has 2 N–H and O–H groups in total. The number of hydrogen-bond donors (Lipinski definition) is 2. The number of fused-ring (bicyclic) bond motifs is 1. The molecule has 0 spiro atoms. The van der Waals surface area contributed by atoms with Gasteiger partial charge in [0.15, 0.2) is 0 Å². The average Bonchev–Trinajstić information content (AvgIpc) is 3.03. The Kier molecular flexibility index (Phi) is 7.80. The molecule has 3 heterocycles. The van der Waals surface area contributed by atoms with Crippen molar-refractivity contribution in [3.63, 3.8) is 0 Å². The molecule has 3 aromatic heterocycles. The van der Waals surface area contributed by atoms with Crippen LogP contribution < -0.4 is 5.32 Å². The first-order valence-corrected chi connectivity index (χ1v) is 10.6. The standard InChI is InChI=1S/C22H30N4.C2H6O/c1-8-16-11-19-20(15(6)12-26(19)14(4)5)25-21(16)17-9-10-18(13(2)3)24-22(17)23-7;1-2-3/h9-14H,8H2,1-7H3,(H,23,24);3H,2H2,1H3. The third kappa shape index (κ3) is 4.78. The molecule has 0 aliphatic heterocycles. The van der Waals surface area contributed by atoms with Crippen LogP contribution in [0.15, 0.2) is 24.4 Å². The molecule has 0 saturated carbocycles. The fraction of sp³-hybridized carbons (Fsp3) is 0.500. The van der Waals surface area contributed by atoms with Crippen molar-refractivity contribution in [2.45, 2.75) is 66.8 Å². The maximum atomic E-state index is 7.57. The minimum absolute atomic E-state index is 0.250. The van der Waals surface area contributed by atoms with Gasteiger partial charge in [-0.3, -0.25) is 0 Å². The van der Waals surface area contributed by atoms with Gasteiger partial charge in [-0.05, 0) is 69.4 Å². The van der Waals surface area contributed by atoms with E-state index >= 15 is 0 Å². The number of nitrogens with zero attached hydrogens (tertiary/aromatic N) is 3. The van der Waals surface area contributed by atoms with Crippen LogP contribution in [-0.4, -0.2) is 33.3 Å². The first-order chi connectivity index (χ1) is 13.8. The Bertz CT molecular complexity index is 957. The van der Waals surface area contributed by atoms with E-state index < -0.39 is 0 Å². The molecular weight excluding hydrogens is 360 g/mol. The summed E-state index contributed by atoms with van der Waals surface area (Å²) in [4.78, 5) is 9.92. The number of aliphatic hydroxyl groups excluding tert-OH is 1. The van der Waals surface area contributed by atoms with Crippen LogP contribution in [0.4, 0.5) is 5.82 Å². The van der Waals surface area contributed by atoms with Crippen molar-refractivity contribution in [3.05, 3.63) is 41.2 Å². The number of aliphatic hydroxyl groups is 1. The summed E-state index contributed by atoms with van der Waals surface area (Å²) in [7, 11) is 1.93. The highest BCUT2D eigenvalue weighted by Gasteiger charge is 2.17. The summed E-state index contributed by atoms with van der Waals surface area (Å²) in [6, 6.07) is 7.01. The van der Waals surface area contributed by atoms with E-state index in [0.29, 0.717) is 12.0 Å². The average molecular weight is 397 g/mol. The molecule has 3 aromatic rings. The van der Waals surface area contributed by atoms with Gasteiger partial charge in [-0.2, -0.15) is 0 Å². The van der Waals surface area contributed by atoms with Gasteiger partial charge >= 0.3 is 0 Å². The van der Waals surface area contributed by atoms with Gasteiger partial charge in [-0.1, -0.05) is 20.8 Å². The van der Waals surface area contributed by atoms with Crippen molar-refractivity contribution in [2.24, 2.45) is 0 Å². The van der Waals surface area contributed by atoms with Crippen LogP contribution in [-0.2, 0) is 6.42 Å². The van der Waals surface area contributed by atoms with E-state index in [1.807, 2.05) is 7.05 Å². The van der Waals surface area contributed by atoms with Crippen LogP contribution in [0.2, 0.25) is 0 Å². The molecule has 0 unspecified atom stereocenters. The second-order valence-corrected chi connectivity index (χ2v) is 7.88. The lowest BCUT2D eigenvalue weighted by atomic mass is 10.0. The Hall–Kier alpha value is -2.40. The molecule has 0 radical (unpaired) electrons. The van der Waals surface area contributed by atoms with Crippen molar-refractivity contribution in [1.82, 2.24) is 14.5 Å². The van der Waals surface area contributed by atoms with Crippen LogP contribution in [0.5, 0.6) is 0 Å². The van der Waals surface area contributed by atoms with Gasteiger partial charge < -0.3 is 15.0 Å². The fourth-order valence-electron chi connectivity index (χ4n) is 3.48. The van der Waals surface area contributed by atoms with Crippen LogP contribution in [0.25, 0.3) is 22.3 Å². The van der Waals surface area contributed by atoms with Crippen molar-refractivity contribution in [1.29, 1.82) is 0 Å². The summed E-state index contributed by atoms with van der Waals surface area (Å²) in [5.41, 5.74) is 7.99. The molecule has 5 nitrogen and oxygen atoms in total. The van der Waals surface area contributed by atoms with Gasteiger partial charge in [-0.25, -0.2) is 9.97 Å². The molecule has 0 aliphatic carbocycles. The number of pyridine rings is 2. The lowest BCUT2D eigenvalue weighted by molar-refractivity contribution is 0.318. The van der Waals surface area contributed by atoms with Gasteiger partial charge in [-0.15, -0.1) is 0 Å². The Morgan fingerprint density at radius 2 is 1.76 bits per heavy atom. The van der Waals surface area contributed by atoms with Gasteiger partial charge in [0.1, 0.15) is 5.82 Å². The zero-order valence-corrected chi connectivity index (χ0v) is 19.2. The van der Waals surface area contributed by atoms with E-state index in [9.17, 15) is 0 Å². The lowest BCUT2D eigenvalue weighted by Crippen LogP contribution is -2.04. The van der Waals surface area contributed by atoms with Gasteiger partial charge in [0, 0.05) is 37.2 Å². The zero-order chi connectivity index (χ0) is 21.7. The number of nitrogens with one attached hydrogen (secondary N) is 1. The highest BCUT2D eigenvalue weighted by molar-refractivity contribution is 5.86. The number of aromatic nitrogens is 3. The van der Waals surface area contributed by atoms with E-state index in [-0.39, 0.29) is 6.61 Å². The van der Waals surface area contributed by atoms with E-state index in [4.69, 9.17) is 15.1 Å². The molecule has 0 fully saturated rings. The quantitative estimate of drug-likeness (QED) is 0.579. The van der Waals surface area contributed by atoms with Gasteiger partial charge in [0.05, 0.1) is 16.7 Å². The monoisotopic (exact) mass is 396 g/mol. The maximum Gasteiger partial charge on any atom is 0.135 e. The second-order valence-electron chi connectivity index (χ2n) is 7.88. The fourth-order valence-corrected chi connectivity index (χ4v) is 3.48. The third-order valence-corrected chi connectivity index (χ3v) is 5.00. The Labute approximate surface area is 175 Å². The number of anilines is 1. The molecule has 0 atom stereocenters. The SMILES string of the molecule is CCO.CCc1cc2c(nc1-c1ccc(C(C)C)nc1NC)c(C)cn2C(C)C. The van der Waals surface area contributed by atoms with Gasteiger partial charge in [0.25, 0.3) is 0 Å². The molecular formula is C24H36N4O. The largest absolute Gasteiger partial charge is 0.397 e. The maximum absolute atomic E-state index is 7.57. The van der Waals surface area contributed by atoms with Crippen molar-refractivity contribution in [3.8, 4) is 11.3 Å². The molecule has 0 amide bonds. The molecule has 158 valence electrons. The molecule has 0 aliphatic rings. The Balaban J connectivity index is 0.000000941. The predicted octanol–water partition coefficient (Wildman–Crippen LogP) is 5.71. The van der Waals surface area contributed by atoms with Crippen LogP contribution in [0.3, 0.4) is 0 Å². The third-order valence-electron chi connectivity index (χ3n) is 5.00. The first-order valence-electron chi connectivity index (χ1n) is 10.6. The summed E-state index contributed by atoms with van der Waals surface area (Å²) in [6.45, 7) is 15.0. The Morgan fingerprint density at radius 1 is 1.10 bits per heavy atom. The zero-order valence-electron chi connectivity index (χ0n) is 19.2. The summed E-state index contributed by atoms with van der Waals surface area (Å²) < 4.78 is 2.32. The minimum Gasteiger partial charge on any atom is -0.397 e. The van der Waals surface area contributed by atoms with E-state index in [2.05, 4.69) is 75.8 Å². The highest BCUT2D eigenvalue weighted by atomic mass is 16.2. The van der Waals surface area contributed by atoms with Crippen molar-refractivity contribution < 1.29 is 5.11 Å². The molecule has 5 heteroatoms. The molecule has 0 aromatic carbocycles. The molecule has 0 saturated heterocycles. The topological polar surface area (TPSA) is 63.0 Å². The van der Waals surface area contributed by atoms with E-state index in [1.54, 1.807) is 6.92 Å². The van der Waals surface area contributed by atoms with E-state index in [1.165, 1.54) is 16.6 Å². The summed E-state index contributed by atoms with van der Waals surface area (Å²) >= 11 is 0. The predicted molar refractivity (Wildman–Crippen MR) is 124 cm³/mol. The normalized spacial score (nSPS) is 11.1. The second kappa shape index (κ2) is 9.88. The summed E-state index contributed by atoms with van der Waals surface area (Å²) in [5.74, 6) is 1.30. The molecule has 3 rings (SSSR count). The molecule has 0 bridgehead atoms. The van der Waals surface area contributed by atoms with Crippen LogP contribution >= 0.6 is 0 Å². The van der Waals surface area contributed by atoms with Gasteiger partial charge in [0.2, 0.25) is 0 Å². The van der Waals surface area contributed by atoms with Crippen LogP contribution in [0, 0.1) is 6.92 Å². The lowest BCUT2D eigenvalue weighted by Gasteiger charge is -2.15. The van der Waals surface area contributed by atoms with Crippen molar-refractivity contribution in [2.75, 3.05) is 19.0 Å². The number of hydrogen-bond acceptors (Lipinski definition) is 4. The highest BCUT2D eigenvalue weighted by Crippen LogP contribution is 2.33. The Morgan fingerprint density at radius 3 is 2.28 bits per heavy atom. The first kappa shape index (κ1) is 22.9. The van der Waals surface area contributed by atoms with Crippen molar-refractivity contribution >= 4 is 16.9 Å². The number of aryl methyl sites for hydroxylation is 2. The minimum atomic E-state index is 0.250.